The van der Waals surface area contributed by atoms with Crippen molar-refractivity contribution in [2.24, 2.45) is 17.8 Å². The van der Waals surface area contributed by atoms with Crippen LogP contribution in [0.1, 0.15) is 66.7 Å². The highest BCUT2D eigenvalue weighted by Gasteiger charge is 2.62. The summed E-state index contributed by atoms with van der Waals surface area (Å²) in [5.41, 5.74) is 19.8. The molecule has 306 valence electrons. The van der Waals surface area contributed by atoms with E-state index in [9.17, 15) is 0 Å². The van der Waals surface area contributed by atoms with Gasteiger partial charge in [-0.25, -0.2) is 0 Å². The fourth-order valence-electron chi connectivity index (χ4n) is 12.2. The van der Waals surface area contributed by atoms with Crippen LogP contribution in [0.2, 0.25) is 0 Å². The first kappa shape index (κ1) is 37.8. The zero-order chi connectivity index (χ0) is 41.7. The SMILES string of the molecule is C1=CCC2C(=C1)C1C=CC(c3ccc(Nc4ccccc4)cc3)=CC1C21C2=C(C(N(c3ccc(-c4ccccc4)cc3)c3ccc(C4C=CCCC4)cc3)=CCC2)c2ccccc21. The molecule has 6 aliphatic carbocycles. The molecule has 5 unspecified atom stereocenters. The molecule has 6 aromatic carbocycles. The number of anilines is 4. The summed E-state index contributed by atoms with van der Waals surface area (Å²) >= 11 is 0. The fourth-order valence-corrected chi connectivity index (χ4v) is 12.2. The van der Waals surface area contributed by atoms with Gasteiger partial charge in [0.15, 0.2) is 0 Å². The third kappa shape index (κ3) is 6.38. The molecule has 2 heteroatoms. The minimum atomic E-state index is -0.155. The number of rotatable bonds is 8. The third-order valence-corrected chi connectivity index (χ3v) is 14.9. The number of para-hydroxylation sites is 1. The minimum Gasteiger partial charge on any atom is -0.356 e. The lowest BCUT2D eigenvalue weighted by molar-refractivity contribution is 0.326. The zero-order valence-electron chi connectivity index (χ0n) is 35.7. The second kappa shape index (κ2) is 15.8. The molecule has 0 aliphatic heterocycles. The van der Waals surface area contributed by atoms with Crippen molar-refractivity contribution < 1.29 is 0 Å². The Bertz CT molecular complexity index is 2900. The van der Waals surface area contributed by atoms with Gasteiger partial charge < -0.3 is 10.2 Å². The van der Waals surface area contributed by atoms with E-state index >= 15 is 0 Å². The molecule has 0 radical (unpaired) electrons. The van der Waals surface area contributed by atoms with E-state index < -0.39 is 0 Å². The second-order valence-corrected chi connectivity index (χ2v) is 18.2. The maximum absolute atomic E-state index is 3.58. The highest BCUT2D eigenvalue weighted by molar-refractivity contribution is 5.97. The van der Waals surface area contributed by atoms with Crippen LogP contribution >= 0.6 is 0 Å². The molecule has 12 rings (SSSR count). The van der Waals surface area contributed by atoms with Crippen molar-refractivity contribution in [1.29, 1.82) is 0 Å². The molecule has 0 amide bonds. The van der Waals surface area contributed by atoms with Crippen LogP contribution in [0.25, 0.3) is 22.3 Å². The van der Waals surface area contributed by atoms with Crippen molar-refractivity contribution in [2.75, 3.05) is 10.2 Å². The molecule has 5 atom stereocenters. The highest BCUT2D eigenvalue weighted by atomic mass is 15.2. The number of allylic oxidation sites excluding steroid dienone is 13. The van der Waals surface area contributed by atoms with Crippen LogP contribution in [0.3, 0.4) is 0 Å². The first-order chi connectivity index (χ1) is 31.2. The molecule has 1 spiro atoms. The Morgan fingerprint density at radius 3 is 2.10 bits per heavy atom. The monoisotopic (exact) mass is 812 g/mol. The van der Waals surface area contributed by atoms with Gasteiger partial charge >= 0.3 is 0 Å². The first-order valence-corrected chi connectivity index (χ1v) is 23.2. The van der Waals surface area contributed by atoms with Gasteiger partial charge in [0.1, 0.15) is 0 Å². The Balaban J connectivity index is 0.992. The van der Waals surface area contributed by atoms with Crippen LogP contribution in [-0.4, -0.2) is 0 Å². The van der Waals surface area contributed by atoms with Crippen molar-refractivity contribution in [1.82, 2.24) is 0 Å². The van der Waals surface area contributed by atoms with Crippen LogP contribution in [0.4, 0.5) is 22.7 Å². The second-order valence-electron chi connectivity index (χ2n) is 18.2. The molecular formula is C61H52N2. The zero-order valence-corrected chi connectivity index (χ0v) is 35.7. The largest absolute Gasteiger partial charge is 0.356 e. The number of hydrogen-bond donors (Lipinski definition) is 1. The van der Waals surface area contributed by atoms with E-state index in [4.69, 9.17) is 0 Å². The maximum atomic E-state index is 3.58. The minimum absolute atomic E-state index is 0.155. The van der Waals surface area contributed by atoms with Crippen molar-refractivity contribution in [3.63, 3.8) is 0 Å². The number of nitrogens with one attached hydrogen (secondary N) is 1. The molecule has 6 aliphatic rings. The smallest absolute Gasteiger partial charge is 0.0500 e. The summed E-state index contributed by atoms with van der Waals surface area (Å²) in [4.78, 5) is 2.58. The lowest BCUT2D eigenvalue weighted by atomic mass is 9.60. The van der Waals surface area contributed by atoms with Gasteiger partial charge in [-0.05, 0) is 138 Å². The van der Waals surface area contributed by atoms with Gasteiger partial charge in [0, 0.05) is 57.2 Å². The predicted octanol–water partition coefficient (Wildman–Crippen LogP) is 15.8. The van der Waals surface area contributed by atoms with Crippen LogP contribution < -0.4 is 10.2 Å². The molecule has 63 heavy (non-hydrogen) atoms. The van der Waals surface area contributed by atoms with Crippen LogP contribution in [0.5, 0.6) is 0 Å². The quantitative estimate of drug-likeness (QED) is 0.154. The van der Waals surface area contributed by atoms with Crippen LogP contribution in [-0.2, 0) is 5.41 Å². The number of hydrogen-bond acceptors (Lipinski definition) is 2. The van der Waals surface area contributed by atoms with E-state index in [2.05, 4.69) is 223 Å². The van der Waals surface area contributed by atoms with Crippen LogP contribution in [0.15, 0.2) is 229 Å². The normalized spacial score (nSPS) is 23.9. The summed E-state index contributed by atoms with van der Waals surface area (Å²) in [5.74, 6) is 1.53. The van der Waals surface area contributed by atoms with Crippen molar-refractivity contribution in [3.05, 3.63) is 252 Å². The van der Waals surface area contributed by atoms with Crippen molar-refractivity contribution >= 4 is 33.9 Å². The van der Waals surface area contributed by atoms with E-state index in [1.165, 1.54) is 80.9 Å². The lowest BCUT2D eigenvalue weighted by Crippen LogP contribution is -2.39. The molecule has 1 saturated carbocycles. The summed E-state index contributed by atoms with van der Waals surface area (Å²) in [6.07, 6.45) is 29.0. The number of nitrogens with zero attached hydrogens (tertiary/aromatic N) is 1. The van der Waals surface area contributed by atoms with E-state index in [0.29, 0.717) is 23.7 Å². The molecule has 0 saturated heterocycles. The van der Waals surface area contributed by atoms with E-state index in [1.54, 1.807) is 11.1 Å². The molecule has 6 aromatic rings. The Hall–Kier alpha value is -6.90. The molecule has 0 aromatic heterocycles. The molecule has 0 heterocycles. The number of fused-ring (bicyclic) bond motifs is 9. The van der Waals surface area contributed by atoms with Gasteiger partial charge in [0.2, 0.25) is 0 Å². The number of benzene rings is 6. The van der Waals surface area contributed by atoms with Gasteiger partial charge in [-0.2, -0.15) is 0 Å². The van der Waals surface area contributed by atoms with Crippen LogP contribution in [0, 0.1) is 17.8 Å². The molecule has 1 N–H and O–H groups in total. The molecule has 2 nitrogen and oxygen atoms in total. The van der Waals surface area contributed by atoms with Crippen molar-refractivity contribution in [2.45, 2.75) is 49.9 Å². The Kier molecular flexibility index (Phi) is 9.47. The van der Waals surface area contributed by atoms with Gasteiger partial charge in [-0.3, -0.25) is 0 Å². The Morgan fingerprint density at radius 1 is 0.619 bits per heavy atom. The standard InChI is InChI=1S/C61H52N2/c1-4-15-42(16-5-1)44-29-36-50(37-30-44)63(51-38-31-45(32-39-51)43-17-6-2-7-18-43)59-26-14-25-57-60(59)54-22-11-13-24-56(54)61(57)55-23-12-10-21-52(55)53-40-33-47(41-58(53)61)46-27-34-49(35-28-46)62-48-19-8-3-9-20-48/h1,3-6,8-13,15-17,19-22,24,26-41,43,53,55,58,62H,2,7,14,18,23,25H2. The van der Waals surface area contributed by atoms with Gasteiger partial charge in [-0.15, -0.1) is 0 Å². The van der Waals surface area contributed by atoms with Crippen molar-refractivity contribution in [3.8, 4) is 11.1 Å². The van der Waals surface area contributed by atoms with Gasteiger partial charge in [0.25, 0.3) is 0 Å². The van der Waals surface area contributed by atoms with Gasteiger partial charge in [0.05, 0.1) is 0 Å². The fraction of sp³-hybridized carbons (Fsp3) is 0.180. The first-order valence-electron chi connectivity index (χ1n) is 23.2. The Labute approximate surface area is 372 Å². The summed E-state index contributed by atoms with van der Waals surface area (Å²) < 4.78 is 0. The predicted molar refractivity (Wildman–Crippen MR) is 264 cm³/mol. The average molecular weight is 813 g/mol. The van der Waals surface area contributed by atoms with E-state index in [0.717, 1.165) is 30.6 Å². The molecular weight excluding hydrogens is 761 g/mol. The topological polar surface area (TPSA) is 15.3 Å². The van der Waals surface area contributed by atoms with E-state index in [-0.39, 0.29) is 5.41 Å². The summed E-state index contributed by atoms with van der Waals surface area (Å²) in [6, 6.07) is 58.6. The Morgan fingerprint density at radius 2 is 1.32 bits per heavy atom. The lowest BCUT2D eigenvalue weighted by Gasteiger charge is -2.42. The molecule has 0 bridgehead atoms. The highest BCUT2D eigenvalue weighted by Crippen LogP contribution is 2.69. The average Bonchev–Trinajstić information content (AvgIpc) is 3.83. The maximum Gasteiger partial charge on any atom is 0.0500 e. The summed E-state index contributed by atoms with van der Waals surface area (Å²) in [6.45, 7) is 0. The molecule has 1 fully saturated rings. The third-order valence-electron chi connectivity index (χ3n) is 14.9. The van der Waals surface area contributed by atoms with E-state index in [1.807, 2.05) is 0 Å². The van der Waals surface area contributed by atoms with Gasteiger partial charge in [-0.1, -0.05) is 169 Å². The summed E-state index contributed by atoms with van der Waals surface area (Å²) in [7, 11) is 0. The summed E-state index contributed by atoms with van der Waals surface area (Å²) in [5, 5.41) is 3.58.